The minimum Gasteiger partial charge on any atom is -0.496 e. The van der Waals surface area contributed by atoms with E-state index < -0.39 is 5.97 Å². The standard InChI is InChI=1S/C12H9FINO3/c1-17-10-5-9(12(16)18-2)15-11-7(10)3-6(13)4-8(11)14/h3-5H,1-2H3. The van der Waals surface area contributed by atoms with Gasteiger partial charge in [0.1, 0.15) is 11.6 Å². The number of hydrogen-bond donors (Lipinski definition) is 0. The van der Waals surface area contributed by atoms with Crippen LogP contribution in [0.2, 0.25) is 0 Å². The largest absolute Gasteiger partial charge is 0.496 e. The summed E-state index contributed by atoms with van der Waals surface area (Å²) >= 11 is 1.96. The highest BCUT2D eigenvalue weighted by atomic mass is 127. The summed E-state index contributed by atoms with van der Waals surface area (Å²) in [6.45, 7) is 0. The maximum absolute atomic E-state index is 13.4. The molecule has 0 saturated heterocycles. The summed E-state index contributed by atoms with van der Waals surface area (Å²) < 4.78 is 23.7. The molecule has 0 saturated carbocycles. The molecule has 94 valence electrons. The van der Waals surface area contributed by atoms with Gasteiger partial charge < -0.3 is 9.47 Å². The maximum atomic E-state index is 13.4. The van der Waals surface area contributed by atoms with Crippen molar-refractivity contribution < 1.29 is 18.7 Å². The first kappa shape index (κ1) is 13.0. The molecule has 0 aliphatic heterocycles. The topological polar surface area (TPSA) is 48.4 Å². The predicted octanol–water partition coefficient (Wildman–Crippen LogP) is 2.77. The molecule has 6 heteroatoms. The molecule has 0 spiro atoms. The van der Waals surface area contributed by atoms with Gasteiger partial charge in [0.2, 0.25) is 0 Å². The van der Waals surface area contributed by atoms with Crippen LogP contribution in [0.3, 0.4) is 0 Å². The summed E-state index contributed by atoms with van der Waals surface area (Å²) in [5, 5.41) is 0.523. The lowest BCUT2D eigenvalue weighted by atomic mass is 10.1. The molecule has 0 aliphatic carbocycles. The van der Waals surface area contributed by atoms with E-state index >= 15 is 0 Å². The number of carbonyl (C=O) groups excluding carboxylic acids is 1. The minimum absolute atomic E-state index is 0.131. The van der Waals surface area contributed by atoms with Gasteiger partial charge in [-0.05, 0) is 34.7 Å². The smallest absolute Gasteiger partial charge is 0.356 e. The Morgan fingerprint density at radius 3 is 2.67 bits per heavy atom. The molecular formula is C12H9FINO3. The number of carbonyl (C=O) groups is 1. The van der Waals surface area contributed by atoms with Crippen LogP contribution in [0.25, 0.3) is 10.9 Å². The number of rotatable bonds is 2. The van der Waals surface area contributed by atoms with Crippen molar-refractivity contribution in [1.29, 1.82) is 0 Å². The second kappa shape index (κ2) is 5.05. The number of benzene rings is 1. The Balaban J connectivity index is 2.79. The maximum Gasteiger partial charge on any atom is 0.356 e. The highest BCUT2D eigenvalue weighted by molar-refractivity contribution is 14.1. The van der Waals surface area contributed by atoms with Crippen molar-refractivity contribution in [3.8, 4) is 5.75 Å². The van der Waals surface area contributed by atoms with Crippen LogP contribution in [0.15, 0.2) is 18.2 Å². The number of pyridine rings is 1. The molecule has 1 aromatic carbocycles. The Labute approximate surface area is 116 Å². The van der Waals surface area contributed by atoms with Crippen molar-refractivity contribution in [2.45, 2.75) is 0 Å². The summed E-state index contributed by atoms with van der Waals surface area (Å²) in [6.07, 6.45) is 0. The molecule has 0 radical (unpaired) electrons. The molecule has 1 heterocycles. The van der Waals surface area contributed by atoms with Crippen LogP contribution in [0.5, 0.6) is 5.75 Å². The lowest BCUT2D eigenvalue weighted by molar-refractivity contribution is 0.0594. The van der Waals surface area contributed by atoms with E-state index in [0.717, 1.165) is 0 Å². The molecule has 18 heavy (non-hydrogen) atoms. The summed E-state index contributed by atoms with van der Waals surface area (Å²) in [7, 11) is 2.73. The van der Waals surface area contributed by atoms with Crippen molar-refractivity contribution >= 4 is 39.5 Å². The molecule has 2 aromatic rings. The third kappa shape index (κ3) is 2.24. The lowest BCUT2D eigenvalue weighted by Crippen LogP contribution is -2.05. The minimum atomic E-state index is -0.560. The predicted molar refractivity (Wildman–Crippen MR) is 72.3 cm³/mol. The highest BCUT2D eigenvalue weighted by Crippen LogP contribution is 2.29. The normalized spacial score (nSPS) is 10.4. The fourth-order valence-electron chi connectivity index (χ4n) is 1.60. The van der Waals surface area contributed by atoms with Gasteiger partial charge in [0.25, 0.3) is 0 Å². The number of ether oxygens (including phenoxy) is 2. The Morgan fingerprint density at radius 2 is 2.06 bits per heavy atom. The average Bonchev–Trinajstić information content (AvgIpc) is 2.36. The molecule has 0 N–H and O–H groups in total. The van der Waals surface area contributed by atoms with Crippen LogP contribution >= 0.6 is 22.6 Å². The first-order chi connectivity index (χ1) is 8.56. The number of fused-ring (bicyclic) bond motifs is 1. The molecule has 4 nitrogen and oxygen atoms in total. The van der Waals surface area contributed by atoms with Gasteiger partial charge in [0.15, 0.2) is 5.69 Å². The number of hydrogen-bond acceptors (Lipinski definition) is 4. The van der Waals surface area contributed by atoms with E-state index in [-0.39, 0.29) is 11.5 Å². The van der Waals surface area contributed by atoms with Crippen molar-refractivity contribution in [3.63, 3.8) is 0 Å². The Bertz CT molecular complexity index is 630. The lowest BCUT2D eigenvalue weighted by Gasteiger charge is -2.09. The highest BCUT2D eigenvalue weighted by Gasteiger charge is 2.15. The second-order valence-corrected chi connectivity index (χ2v) is 4.65. The summed E-state index contributed by atoms with van der Waals surface area (Å²) in [5.41, 5.74) is 0.642. The van der Waals surface area contributed by atoms with Gasteiger partial charge in [-0.2, -0.15) is 0 Å². The Kier molecular flexibility index (Phi) is 3.65. The van der Waals surface area contributed by atoms with Crippen molar-refractivity contribution in [2.24, 2.45) is 0 Å². The van der Waals surface area contributed by atoms with E-state index in [1.54, 1.807) is 0 Å². The number of esters is 1. The SMILES string of the molecule is COC(=O)c1cc(OC)c2cc(F)cc(I)c2n1. The molecule has 0 unspecified atom stereocenters. The van der Waals surface area contributed by atoms with Crippen LogP contribution < -0.4 is 4.74 Å². The molecule has 0 bridgehead atoms. The molecule has 1 aromatic heterocycles. The number of methoxy groups -OCH3 is 2. The second-order valence-electron chi connectivity index (χ2n) is 3.49. The van der Waals surface area contributed by atoms with Crippen molar-refractivity contribution in [3.05, 3.63) is 33.3 Å². The van der Waals surface area contributed by atoms with Crippen molar-refractivity contribution in [1.82, 2.24) is 4.98 Å². The number of nitrogens with zero attached hydrogens (tertiary/aromatic N) is 1. The zero-order chi connectivity index (χ0) is 13.3. The fraction of sp³-hybridized carbons (Fsp3) is 0.167. The van der Waals surface area contributed by atoms with Crippen LogP contribution in [-0.2, 0) is 4.74 Å². The van der Waals surface area contributed by atoms with Crippen LogP contribution in [0, 0.1) is 9.39 Å². The van der Waals surface area contributed by atoms with Gasteiger partial charge in [-0.25, -0.2) is 14.2 Å². The molecular weight excluding hydrogens is 352 g/mol. The van der Waals surface area contributed by atoms with Crippen LogP contribution in [0.4, 0.5) is 4.39 Å². The molecule has 2 rings (SSSR count). The monoisotopic (exact) mass is 361 g/mol. The van der Waals surface area contributed by atoms with Crippen molar-refractivity contribution in [2.75, 3.05) is 14.2 Å². The van der Waals surface area contributed by atoms with E-state index in [0.29, 0.717) is 20.2 Å². The Morgan fingerprint density at radius 1 is 1.33 bits per heavy atom. The first-order valence-electron chi connectivity index (χ1n) is 4.99. The third-order valence-electron chi connectivity index (χ3n) is 2.41. The van der Waals surface area contributed by atoms with E-state index in [9.17, 15) is 9.18 Å². The van der Waals surface area contributed by atoms with Crippen LogP contribution in [-0.4, -0.2) is 25.2 Å². The van der Waals surface area contributed by atoms with E-state index in [1.165, 1.54) is 32.4 Å². The van der Waals surface area contributed by atoms with Gasteiger partial charge in [-0.1, -0.05) is 0 Å². The number of halogens is 2. The average molecular weight is 361 g/mol. The summed E-state index contributed by atoms with van der Waals surface area (Å²) in [4.78, 5) is 15.7. The summed E-state index contributed by atoms with van der Waals surface area (Å²) in [6, 6.07) is 4.10. The summed E-state index contributed by atoms with van der Waals surface area (Å²) in [5.74, 6) is -0.550. The van der Waals surface area contributed by atoms with Gasteiger partial charge in [-0.15, -0.1) is 0 Å². The van der Waals surface area contributed by atoms with E-state index in [4.69, 9.17) is 4.74 Å². The molecule has 0 atom stereocenters. The van der Waals surface area contributed by atoms with E-state index in [1.807, 2.05) is 22.6 Å². The van der Waals surface area contributed by atoms with Crippen LogP contribution in [0.1, 0.15) is 10.5 Å². The third-order valence-corrected chi connectivity index (χ3v) is 3.23. The van der Waals surface area contributed by atoms with Gasteiger partial charge >= 0.3 is 5.97 Å². The van der Waals surface area contributed by atoms with Gasteiger partial charge in [0, 0.05) is 15.0 Å². The number of aromatic nitrogens is 1. The van der Waals surface area contributed by atoms with Gasteiger partial charge in [-0.3, -0.25) is 0 Å². The zero-order valence-corrected chi connectivity index (χ0v) is 11.8. The molecule has 0 amide bonds. The van der Waals surface area contributed by atoms with E-state index in [2.05, 4.69) is 9.72 Å². The Hall–Kier alpha value is -1.44. The first-order valence-corrected chi connectivity index (χ1v) is 6.06. The van der Waals surface area contributed by atoms with Gasteiger partial charge in [0.05, 0.1) is 19.7 Å². The zero-order valence-electron chi connectivity index (χ0n) is 9.66. The molecule has 0 aliphatic rings. The fourth-order valence-corrected chi connectivity index (χ4v) is 2.31. The molecule has 0 fully saturated rings. The quantitative estimate of drug-likeness (QED) is 0.610.